The SMILES string of the molecule is CC(C)CC1OC(=O)C(C)C(O)C(CC2C=CC=NC2)N2C(O)C(NC(=O)c3ncccc3O)C(C)[N+]2(C)C1=O. The van der Waals surface area contributed by atoms with E-state index >= 15 is 0 Å². The number of aromatic nitrogens is 1. The molecule has 218 valence electrons. The van der Waals surface area contributed by atoms with Crippen molar-refractivity contribution in [1.82, 2.24) is 15.3 Å². The number of allylic oxidation sites excluding steroid dienone is 1. The molecular formula is C28H40N5O7+. The van der Waals surface area contributed by atoms with E-state index in [0.29, 0.717) is 6.54 Å². The number of hydrogen-bond donors (Lipinski definition) is 4. The van der Waals surface area contributed by atoms with E-state index in [2.05, 4.69) is 15.3 Å². The number of amides is 2. The molecular weight excluding hydrogens is 518 g/mol. The molecule has 4 N–H and O–H groups in total. The number of carbonyl (C=O) groups excluding carboxylic acids is 3. The second kappa shape index (κ2) is 11.7. The van der Waals surface area contributed by atoms with E-state index in [1.54, 1.807) is 33.2 Å². The molecule has 2 fully saturated rings. The fraction of sp³-hybridized carbons (Fsp3) is 0.607. The number of aromatic hydroxyl groups is 1. The molecule has 1 aromatic heterocycles. The number of nitrogens with one attached hydrogen (secondary N) is 1. The molecule has 9 atom stereocenters. The van der Waals surface area contributed by atoms with Crippen LogP contribution < -0.4 is 5.32 Å². The van der Waals surface area contributed by atoms with Crippen LogP contribution >= 0.6 is 0 Å². The van der Waals surface area contributed by atoms with Gasteiger partial charge < -0.3 is 25.4 Å². The zero-order valence-corrected chi connectivity index (χ0v) is 23.5. The maximum absolute atomic E-state index is 14.4. The lowest BCUT2D eigenvalue weighted by atomic mass is 9.89. The van der Waals surface area contributed by atoms with E-state index in [0.717, 1.165) is 0 Å². The number of fused-ring (bicyclic) bond motifs is 1. The van der Waals surface area contributed by atoms with Crippen molar-refractivity contribution >= 4 is 24.0 Å². The largest absolute Gasteiger partial charge is 0.505 e. The molecule has 12 nitrogen and oxygen atoms in total. The highest BCUT2D eigenvalue weighted by atomic mass is 16.6. The van der Waals surface area contributed by atoms with Gasteiger partial charge in [0.1, 0.15) is 17.8 Å². The summed E-state index contributed by atoms with van der Waals surface area (Å²) in [7, 11) is 1.62. The fourth-order valence-electron chi connectivity index (χ4n) is 6.02. The number of aliphatic hydroxyl groups is 2. The van der Waals surface area contributed by atoms with Crippen LogP contribution in [0.5, 0.6) is 5.75 Å². The normalized spacial score (nSPS) is 36.5. The molecule has 2 amide bonds. The third-order valence-corrected chi connectivity index (χ3v) is 8.43. The summed E-state index contributed by atoms with van der Waals surface area (Å²) in [4.78, 5) is 48.9. The lowest BCUT2D eigenvalue weighted by Crippen LogP contribution is -2.68. The number of nitrogens with zero attached hydrogens (tertiary/aromatic N) is 4. The van der Waals surface area contributed by atoms with E-state index < -0.39 is 64.9 Å². The number of aliphatic hydroxyl groups excluding tert-OH is 2. The van der Waals surface area contributed by atoms with Crippen molar-refractivity contribution in [2.75, 3.05) is 13.6 Å². The fourth-order valence-corrected chi connectivity index (χ4v) is 6.02. The number of aliphatic imine (C=N–C) groups is 1. The van der Waals surface area contributed by atoms with Gasteiger partial charge in [0.05, 0.1) is 25.1 Å². The van der Waals surface area contributed by atoms with Crippen LogP contribution in [-0.2, 0) is 14.3 Å². The van der Waals surface area contributed by atoms with Crippen LogP contribution in [0.15, 0.2) is 35.5 Å². The molecule has 2 saturated heterocycles. The van der Waals surface area contributed by atoms with Crippen LogP contribution in [0.3, 0.4) is 0 Å². The van der Waals surface area contributed by atoms with E-state index in [9.17, 15) is 29.7 Å². The summed E-state index contributed by atoms with van der Waals surface area (Å²) in [6.45, 7) is 7.54. The van der Waals surface area contributed by atoms with Crippen LogP contribution in [-0.4, -0.2) is 104 Å². The Bertz CT molecular complexity index is 1190. The first kappa shape index (κ1) is 29.8. The summed E-state index contributed by atoms with van der Waals surface area (Å²) in [6.07, 6.45) is 3.47. The second-order valence-electron chi connectivity index (χ2n) is 11.6. The number of quaternary nitrogens is 1. The van der Waals surface area contributed by atoms with Crippen LogP contribution in [0.25, 0.3) is 0 Å². The molecule has 3 aliphatic heterocycles. The van der Waals surface area contributed by atoms with Crippen molar-refractivity contribution in [3.63, 3.8) is 0 Å². The summed E-state index contributed by atoms with van der Waals surface area (Å²) in [5, 5.41) is 37.9. The third kappa shape index (κ3) is 5.40. The Kier molecular flexibility index (Phi) is 8.74. The Morgan fingerprint density at radius 3 is 2.62 bits per heavy atom. The first-order valence-electron chi connectivity index (χ1n) is 13.7. The topological polar surface area (TPSA) is 162 Å². The van der Waals surface area contributed by atoms with Crippen LogP contribution in [0, 0.1) is 17.8 Å². The van der Waals surface area contributed by atoms with Gasteiger partial charge in [0.25, 0.3) is 5.91 Å². The summed E-state index contributed by atoms with van der Waals surface area (Å²) >= 11 is 0. The Hall–Kier alpha value is -3.19. The predicted octanol–water partition coefficient (Wildman–Crippen LogP) is 0.780. The van der Waals surface area contributed by atoms with Crippen molar-refractivity contribution in [3.8, 4) is 5.75 Å². The summed E-state index contributed by atoms with van der Waals surface area (Å²) < 4.78 is 5.22. The zero-order valence-electron chi connectivity index (χ0n) is 23.5. The van der Waals surface area contributed by atoms with Crippen molar-refractivity contribution in [2.45, 2.75) is 77.1 Å². The highest BCUT2D eigenvalue weighted by Gasteiger charge is 2.65. The Labute approximate surface area is 233 Å². The lowest BCUT2D eigenvalue weighted by molar-refractivity contribution is -0.967. The highest BCUT2D eigenvalue weighted by Crippen LogP contribution is 2.40. The van der Waals surface area contributed by atoms with Crippen molar-refractivity contribution in [2.24, 2.45) is 22.7 Å². The molecule has 3 aliphatic rings. The zero-order chi connectivity index (χ0) is 29.4. The van der Waals surface area contributed by atoms with E-state index in [-0.39, 0.29) is 36.1 Å². The molecule has 1 aromatic rings. The van der Waals surface area contributed by atoms with Gasteiger partial charge in [-0.25, -0.2) is 9.78 Å². The van der Waals surface area contributed by atoms with Gasteiger partial charge in [-0.1, -0.05) is 19.9 Å². The standard InChI is InChI=1S/C28H39N5O7/c1-15(2)12-21-27(38)33(5)17(4)22(31-25(36)23-20(34)9-7-11-30-23)26(37)32(33)19(13-18-8-6-10-29-14-18)24(35)16(3)28(39)40-21/h6-11,15-19,21-22,24,26,35,37H,12-14H2,1-5H3,(H-,31,34,36)/p+1. The first-order valence-corrected chi connectivity index (χ1v) is 13.7. The van der Waals surface area contributed by atoms with Gasteiger partial charge in [-0.15, -0.1) is 5.01 Å². The number of cyclic esters (lactones) is 1. The van der Waals surface area contributed by atoms with Gasteiger partial charge in [-0.05, 0) is 50.3 Å². The molecule has 0 radical (unpaired) electrons. The molecule has 4 heterocycles. The second-order valence-corrected chi connectivity index (χ2v) is 11.6. The van der Waals surface area contributed by atoms with E-state index in [4.69, 9.17) is 4.74 Å². The molecule has 0 saturated carbocycles. The maximum atomic E-state index is 14.4. The minimum atomic E-state index is -1.44. The molecule has 40 heavy (non-hydrogen) atoms. The quantitative estimate of drug-likeness (QED) is 0.292. The summed E-state index contributed by atoms with van der Waals surface area (Å²) in [6, 6.07) is 0.201. The maximum Gasteiger partial charge on any atom is 0.373 e. The van der Waals surface area contributed by atoms with Crippen LogP contribution in [0.4, 0.5) is 0 Å². The Balaban J connectivity index is 1.80. The third-order valence-electron chi connectivity index (χ3n) is 8.43. The van der Waals surface area contributed by atoms with Crippen molar-refractivity contribution in [3.05, 3.63) is 36.2 Å². The number of pyridine rings is 1. The average molecular weight is 559 g/mol. The van der Waals surface area contributed by atoms with E-state index in [1.165, 1.54) is 23.3 Å². The number of rotatable bonds is 6. The number of ether oxygens (including phenoxy) is 1. The lowest BCUT2D eigenvalue weighted by Gasteiger charge is -2.44. The first-order chi connectivity index (χ1) is 18.9. The predicted molar refractivity (Wildman–Crippen MR) is 145 cm³/mol. The minimum absolute atomic E-state index is 0.00859. The highest BCUT2D eigenvalue weighted by molar-refractivity contribution is 5.95. The smallest absolute Gasteiger partial charge is 0.373 e. The summed E-state index contributed by atoms with van der Waals surface area (Å²) in [5.74, 6) is -3.29. The number of esters is 1. The molecule has 12 heteroatoms. The van der Waals surface area contributed by atoms with Crippen LogP contribution in [0.2, 0.25) is 0 Å². The molecule has 0 bridgehead atoms. The molecule has 9 unspecified atom stereocenters. The number of carbonyl (C=O) groups is 3. The molecule has 4 rings (SSSR count). The van der Waals surface area contributed by atoms with Gasteiger partial charge in [0.2, 0.25) is 6.10 Å². The van der Waals surface area contributed by atoms with Gasteiger partial charge in [0.15, 0.2) is 11.9 Å². The average Bonchev–Trinajstić information content (AvgIpc) is 3.11. The molecule has 0 aromatic carbocycles. The Morgan fingerprint density at radius 2 is 2.00 bits per heavy atom. The van der Waals surface area contributed by atoms with Crippen LogP contribution in [0.1, 0.15) is 51.0 Å². The van der Waals surface area contributed by atoms with Gasteiger partial charge in [-0.2, -0.15) is 4.59 Å². The number of likely N-dealkylation sites (N-methyl/N-ethyl adjacent to an activating group) is 1. The van der Waals surface area contributed by atoms with Gasteiger partial charge in [0, 0.05) is 25.4 Å². The minimum Gasteiger partial charge on any atom is -0.505 e. The van der Waals surface area contributed by atoms with Gasteiger partial charge in [-0.3, -0.25) is 14.6 Å². The van der Waals surface area contributed by atoms with E-state index in [1.807, 2.05) is 19.9 Å². The number of dihydropyridines is 1. The van der Waals surface area contributed by atoms with Crippen molar-refractivity contribution in [1.29, 1.82) is 0 Å². The number of hydrogen-bond acceptors (Lipinski definition) is 10. The Morgan fingerprint density at radius 1 is 1.27 bits per heavy atom. The van der Waals surface area contributed by atoms with Crippen molar-refractivity contribution < 1.29 is 39.0 Å². The van der Waals surface area contributed by atoms with Gasteiger partial charge >= 0.3 is 11.9 Å². The molecule has 0 aliphatic carbocycles. The molecule has 0 spiro atoms. The monoisotopic (exact) mass is 558 g/mol. The summed E-state index contributed by atoms with van der Waals surface area (Å²) in [5.41, 5.74) is -0.218.